The Kier molecular flexibility index (Phi) is 2.54. The molecule has 2 aromatic rings. The third kappa shape index (κ3) is 2.47. The van der Waals surface area contributed by atoms with Gasteiger partial charge in [0.1, 0.15) is 11.5 Å². The molecule has 0 fully saturated rings. The van der Waals surface area contributed by atoms with Crippen LogP contribution in [0.4, 0.5) is 0 Å². The van der Waals surface area contributed by atoms with Crippen LogP contribution in [0.1, 0.15) is 5.56 Å². The molecule has 0 unspecified atom stereocenters. The van der Waals surface area contributed by atoms with Crippen molar-refractivity contribution in [2.75, 3.05) is 0 Å². The van der Waals surface area contributed by atoms with Crippen LogP contribution in [-0.2, 0) is 0 Å². The molecule has 0 aliphatic heterocycles. The number of phenols is 1. The van der Waals surface area contributed by atoms with E-state index in [1.165, 1.54) is 0 Å². The van der Waals surface area contributed by atoms with Gasteiger partial charge in [-0.15, -0.1) is 0 Å². The first-order chi connectivity index (χ1) is 7.24. The summed E-state index contributed by atoms with van der Waals surface area (Å²) in [4.78, 5) is 4.07. The fraction of sp³-hybridized carbons (Fsp3) is 0.0833. The molecule has 0 aliphatic carbocycles. The second-order valence-corrected chi connectivity index (χ2v) is 3.27. The molecule has 1 aromatic heterocycles. The number of phenolic OH excluding ortho intramolecular Hbond substituents is 1. The van der Waals surface area contributed by atoms with Crippen molar-refractivity contribution in [3.05, 3.63) is 48.2 Å². The van der Waals surface area contributed by atoms with Crippen LogP contribution < -0.4 is 4.74 Å². The van der Waals surface area contributed by atoms with E-state index in [1.54, 1.807) is 30.5 Å². The van der Waals surface area contributed by atoms with Gasteiger partial charge in [-0.3, -0.25) is 0 Å². The number of aromatic nitrogens is 1. The maximum Gasteiger partial charge on any atom is 0.219 e. The van der Waals surface area contributed by atoms with E-state index in [9.17, 15) is 0 Å². The van der Waals surface area contributed by atoms with Crippen molar-refractivity contribution < 1.29 is 9.84 Å². The summed E-state index contributed by atoms with van der Waals surface area (Å²) >= 11 is 0. The molecule has 0 spiro atoms. The average Bonchev–Trinajstić information content (AvgIpc) is 2.22. The number of benzene rings is 1. The third-order valence-corrected chi connectivity index (χ3v) is 1.95. The van der Waals surface area contributed by atoms with Crippen molar-refractivity contribution in [2.45, 2.75) is 6.92 Å². The largest absolute Gasteiger partial charge is 0.508 e. The molecule has 1 N–H and O–H groups in total. The molecule has 3 heteroatoms. The molecule has 0 amide bonds. The molecule has 2 rings (SSSR count). The zero-order valence-electron chi connectivity index (χ0n) is 8.34. The summed E-state index contributed by atoms with van der Waals surface area (Å²) in [5.41, 5.74) is 1.10. The lowest BCUT2D eigenvalue weighted by Crippen LogP contribution is -1.87. The average molecular weight is 201 g/mol. The van der Waals surface area contributed by atoms with E-state index in [-0.39, 0.29) is 5.75 Å². The van der Waals surface area contributed by atoms with Gasteiger partial charge in [-0.05, 0) is 42.8 Å². The Bertz CT molecular complexity index is 451. The highest BCUT2D eigenvalue weighted by molar-refractivity contribution is 5.33. The minimum absolute atomic E-state index is 0.222. The lowest BCUT2D eigenvalue weighted by molar-refractivity contribution is 0.454. The van der Waals surface area contributed by atoms with Gasteiger partial charge in [0.05, 0.1) is 0 Å². The number of nitrogens with zero attached hydrogens (tertiary/aromatic N) is 1. The quantitative estimate of drug-likeness (QED) is 0.812. The van der Waals surface area contributed by atoms with E-state index in [4.69, 9.17) is 9.84 Å². The van der Waals surface area contributed by atoms with Gasteiger partial charge in [0.25, 0.3) is 0 Å². The number of aryl methyl sites for hydroxylation is 1. The Morgan fingerprint density at radius 3 is 2.53 bits per heavy atom. The highest BCUT2D eigenvalue weighted by Crippen LogP contribution is 2.21. The first-order valence-electron chi connectivity index (χ1n) is 4.63. The molecule has 0 saturated carbocycles. The smallest absolute Gasteiger partial charge is 0.219 e. The molecule has 15 heavy (non-hydrogen) atoms. The Morgan fingerprint density at radius 1 is 1.13 bits per heavy atom. The Balaban J connectivity index is 2.18. The standard InChI is InChI=1S/C12H11NO2/c1-9-6-7-13-12(8-9)15-11-4-2-10(14)3-5-11/h2-8,14H,1H3. The molecule has 1 heterocycles. The van der Waals surface area contributed by atoms with Crippen LogP contribution in [0.3, 0.4) is 0 Å². The van der Waals surface area contributed by atoms with Gasteiger partial charge >= 0.3 is 0 Å². The first-order valence-corrected chi connectivity index (χ1v) is 4.63. The van der Waals surface area contributed by atoms with Crippen molar-refractivity contribution >= 4 is 0 Å². The van der Waals surface area contributed by atoms with Crippen LogP contribution in [0, 0.1) is 6.92 Å². The van der Waals surface area contributed by atoms with E-state index in [0.29, 0.717) is 11.6 Å². The van der Waals surface area contributed by atoms with Gasteiger partial charge in [-0.2, -0.15) is 0 Å². The molecule has 0 saturated heterocycles. The highest BCUT2D eigenvalue weighted by atomic mass is 16.5. The summed E-state index contributed by atoms with van der Waals surface area (Å²) in [5.74, 6) is 1.44. The fourth-order valence-electron chi connectivity index (χ4n) is 1.20. The zero-order chi connectivity index (χ0) is 10.7. The second kappa shape index (κ2) is 4.00. The lowest BCUT2D eigenvalue weighted by atomic mass is 10.3. The monoisotopic (exact) mass is 201 g/mol. The lowest BCUT2D eigenvalue weighted by Gasteiger charge is -2.04. The summed E-state index contributed by atoms with van der Waals surface area (Å²) in [6, 6.07) is 10.3. The molecule has 0 radical (unpaired) electrons. The van der Waals surface area contributed by atoms with Crippen LogP contribution in [0.25, 0.3) is 0 Å². The number of hydrogen-bond donors (Lipinski definition) is 1. The van der Waals surface area contributed by atoms with E-state index in [0.717, 1.165) is 5.56 Å². The van der Waals surface area contributed by atoms with E-state index < -0.39 is 0 Å². The summed E-state index contributed by atoms with van der Waals surface area (Å²) < 4.78 is 5.49. The van der Waals surface area contributed by atoms with Gasteiger partial charge in [0.2, 0.25) is 5.88 Å². The number of aromatic hydroxyl groups is 1. The predicted molar refractivity (Wildman–Crippen MR) is 57.2 cm³/mol. The minimum Gasteiger partial charge on any atom is -0.508 e. The molecule has 76 valence electrons. The Labute approximate surface area is 88.0 Å². The first kappa shape index (κ1) is 9.52. The SMILES string of the molecule is Cc1ccnc(Oc2ccc(O)cc2)c1. The van der Waals surface area contributed by atoms with Gasteiger partial charge < -0.3 is 9.84 Å². The molecule has 0 atom stereocenters. The van der Waals surface area contributed by atoms with Crippen molar-refractivity contribution in [1.82, 2.24) is 4.98 Å². The maximum absolute atomic E-state index is 9.10. The van der Waals surface area contributed by atoms with E-state index in [1.807, 2.05) is 19.1 Å². The van der Waals surface area contributed by atoms with Gasteiger partial charge in [0, 0.05) is 12.3 Å². The van der Waals surface area contributed by atoms with Crippen molar-refractivity contribution in [3.8, 4) is 17.4 Å². The number of pyridine rings is 1. The fourth-order valence-corrected chi connectivity index (χ4v) is 1.20. The van der Waals surface area contributed by atoms with Crippen LogP contribution in [0.5, 0.6) is 17.4 Å². The molecular weight excluding hydrogens is 190 g/mol. The summed E-state index contributed by atoms with van der Waals surface area (Å²) in [6.45, 7) is 1.98. The summed E-state index contributed by atoms with van der Waals surface area (Å²) in [7, 11) is 0. The Morgan fingerprint density at radius 2 is 1.87 bits per heavy atom. The second-order valence-electron chi connectivity index (χ2n) is 3.27. The number of rotatable bonds is 2. The zero-order valence-corrected chi connectivity index (χ0v) is 8.34. The molecular formula is C12H11NO2. The van der Waals surface area contributed by atoms with Gasteiger partial charge in [0.15, 0.2) is 0 Å². The maximum atomic E-state index is 9.10. The van der Waals surface area contributed by atoms with E-state index >= 15 is 0 Å². The van der Waals surface area contributed by atoms with Crippen molar-refractivity contribution in [2.24, 2.45) is 0 Å². The summed E-state index contributed by atoms with van der Waals surface area (Å²) in [6.07, 6.45) is 1.70. The third-order valence-electron chi connectivity index (χ3n) is 1.95. The molecule has 3 nitrogen and oxygen atoms in total. The predicted octanol–water partition coefficient (Wildman–Crippen LogP) is 2.89. The Hall–Kier alpha value is -2.03. The molecule has 0 bridgehead atoms. The highest BCUT2D eigenvalue weighted by Gasteiger charge is 1.98. The summed E-state index contributed by atoms with van der Waals surface area (Å²) in [5, 5.41) is 9.10. The van der Waals surface area contributed by atoms with Crippen molar-refractivity contribution in [1.29, 1.82) is 0 Å². The van der Waals surface area contributed by atoms with Crippen LogP contribution in [-0.4, -0.2) is 10.1 Å². The molecule has 0 aliphatic rings. The van der Waals surface area contributed by atoms with Crippen LogP contribution in [0.15, 0.2) is 42.6 Å². The normalized spacial score (nSPS) is 9.93. The van der Waals surface area contributed by atoms with E-state index in [2.05, 4.69) is 4.98 Å². The van der Waals surface area contributed by atoms with Crippen LogP contribution in [0.2, 0.25) is 0 Å². The van der Waals surface area contributed by atoms with Crippen molar-refractivity contribution in [3.63, 3.8) is 0 Å². The van der Waals surface area contributed by atoms with Crippen LogP contribution >= 0.6 is 0 Å². The number of hydrogen-bond acceptors (Lipinski definition) is 3. The molecule has 1 aromatic carbocycles. The van der Waals surface area contributed by atoms with Gasteiger partial charge in [-0.1, -0.05) is 0 Å². The topological polar surface area (TPSA) is 42.4 Å². The minimum atomic E-state index is 0.222. The number of ether oxygens (including phenoxy) is 1. The van der Waals surface area contributed by atoms with Gasteiger partial charge in [-0.25, -0.2) is 4.98 Å².